The topological polar surface area (TPSA) is 88.3 Å². The summed E-state index contributed by atoms with van der Waals surface area (Å²) in [6.45, 7) is 4.55. The molecule has 2 aromatic rings. The highest BCUT2D eigenvalue weighted by Crippen LogP contribution is 2.25. The monoisotopic (exact) mass is 340 g/mol. The third kappa shape index (κ3) is 4.79. The van der Waals surface area contributed by atoms with E-state index in [0.29, 0.717) is 17.8 Å². The summed E-state index contributed by atoms with van der Waals surface area (Å²) in [6.07, 6.45) is 4.33. The van der Waals surface area contributed by atoms with E-state index in [-0.39, 0.29) is 18.5 Å². The second kappa shape index (κ2) is 8.82. The molecule has 25 heavy (non-hydrogen) atoms. The summed E-state index contributed by atoms with van der Waals surface area (Å²) in [5.74, 6) is -0.433. The van der Waals surface area contributed by atoms with Gasteiger partial charge in [-0.25, -0.2) is 4.79 Å². The summed E-state index contributed by atoms with van der Waals surface area (Å²) in [7, 11) is 0. The number of hydrogen-bond donors (Lipinski definition) is 2. The van der Waals surface area contributed by atoms with Gasteiger partial charge in [0.15, 0.2) is 0 Å². The first-order valence-corrected chi connectivity index (χ1v) is 8.40. The lowest BCUT2D eigenvalue weighted by Crippen LogP contribution is -2.38. The number of anilines is 1. The molecule has 2 rings (SSSR count). The molecule has 0 fully saturated rings. The molecule has 1 heterocycles. The zero-order valence-corrected chi connectivity index (χ0v) is 14.6. The summed E-state index contributed by atoms with van der Waals surface area (Å²) in [6, 6.07) is 10.8. The Morgan fingerprint density at radius 2 is 1.84 bits per heavy atom. The Kier molecular flexibility index (Phi) is 6.51. The van der Waals surface area contributed by atoms with E-state index in [0.717, 1.165) is 12.0 Å². The molecule has 0 aliphatic rings. The highest BCUT2D eigenvalue weighted by molar-refractivity contribution is 5.91. The number of amides is 3. The van der Waals surface area contributed by atoms with Crippen molar-refractivity contribution in [2.45, 2.75) is 32.7 Å². The lowest BCUT2D eigenvalue weighted by atomic mass is 10.0. The van der Waals surface area contributed by atoms with Crippen molar-refractivity contribution >= 4 is 17.6 Å². The van der Waals surface area contributed by atoms with Gasteiger partial charge >= 0.3 is 6.03 Å². The summed E-state index contributed by atoms with van der Waals surface area (Å²) >= 11 is 0. The van der Waals surface area contributed by atoms with Crippen molar-refractivity contribution < 1.29 is 9.59 Å². The van der Waals surface area contributed by atoms with Crippen LogP contribution >= 0.6 is 0 Å². The summed E-state index contributed by atoms with van der Waals surface area (Å²) < 4.78 is 0. The maximum absolute atomic E-state index is 12.8. The second-order valence-electron chi connectivity index (χ2n) is 5.72. The largest absolute Gasteiger partial charge is 0.369 e. The zero-order valence-electron chi connectivity index (χ0n) is 14.6. The van der Waals surface area contributed by atoms with Gasteiger partial charge in [0.05, 0.1) is 12.5 Å². The predicted molar refractivity (Wildman–Crippen MR) is 98.0 cm³/mol. The molecular weight excluding hydrogens is 316 g/mol. The smallest absolute Gasteiger partial charge is 0.322 e. The Hall–Kier alpha value is -2.89. The van der Waals surface area contributed by atoms with Crippen LogP contribution in [0.3, 0.4) is 0 Å². The number of nitrogens with one attached hydrogen (secondary N) is 1. The van der Waals surface area contributed by atoms with Gasteiger partial charge in [-0.2, -0.15) is 0 Å². The summed E-state index contributed by atoms with van der Waals surface area (Å²) in [5, 5.41) is 2.92. The fourth-order valence-corrected chi connectivity index (χ4v) is 2.90. The van der Waals surface area contributed by atoms with Gasteiger partial charge < -0.3 is 16.0 Å². The van der Waals surface area contributed by atoms with E-state index in [1.54, 1.807) is 29.4 Å². The van der Waals surface area contributed by atoms with Crippen LogP contribution in [-0.4, -0.2) is 28.4 Å². The van der Waals surface area contributed by atoms with Gasteiger partial charge in [0.1, 0.15) is 0 Å². The standard InChI is InChI=1S/C19H24N4O2/c1-3-17(14-9-11-21-12-10-14)23(4-2)19(25)22-16-8-6-5-7-15(16)13-18(20)24/h5-12,17H,3-4,13H2,1-2H3,(H2,20,24)(H,22,25)/t17-/m0/s1. The van der Waals surface area contributed by atoms with Crippen molar-refractivity contribution in [2.24, 2.45) is 5.73 Å². The normalized spacial score (nSPS) is 11.6. The molecule has 0 aliphatic carbocycles. The quantitative estimate of drug-likeness (QED) is 0.811. The van der Waals surface area contributed by atoms with Gasteiger partial charge in [-0.15, -0.1) is 0 Å². The van der Waals surface area contributed by atoms with E-state index in [9.17, 15) is 9.59 Å². The average Bonchev–Trinajstić information content (AvgIpc) is 2.61. The number of pyridine rings is 1. The SMILES string of the molecule is CC[C@@H](c1ccncc1)N(CC)C(=O)Nc1ccccc1CC(N)=O. The number of primary amides is 1. The molecule has 6 heteroatoms. The van der Waals surface area contributed by atoms with Gasteiger partial charge in [0.2, 0.25) is 5.91 Å². The van der Waals surface area contributed by atoms with Crippen molar-refractivity contribution in [1.82, 2.24) is 9.88 Å². The average molecular weight is 340 g/mol. The maximum atomic E-state index is 12.8. The minimum absolute atomic E-state index is 0.0451. The molecule has 0 aliphatic heterocycles. The highest BCUT2D eigenvalue weighted by Gasteiger charge is 2.23. The van der Waals surface area contributed by atoms with Crippen LogP contribution in [0.1, 0.15) is 37.4 Å². The van der Waals surface area contributed by atoms with Crippen LogP contribution < -0.4 is 11.1 Å². The Morgan fingerprint density at radius 1 is 1.16 bits per heavy atom. The number of carbonyl (C=O) groups excluding carboxylic acids is 2. The number of para-hydroxylation sites is 1. The zero-order chi connectivity index (χ0) is 18.2. The molecule has 1 aromatic carbocycles. The van der Waals surface area contributed by atoms with Crippen LogP contribution in [0, 0.1) is 0 Å². The van der Waals surface area contributed by atoms with Crippen molar-refractivity contribution in [2.75, 3.05) is 11.9 Å². The minimum Gasteiger partial charge on any atom is -0.369 e. The molecule has 3 amide bonds. The molecule has 0 spiro atoms. The number of benzene rings is 1. The molecule has 1 aromatic heterocycles. The molecule has 0 bridgehead atoms. The molecular formula is C19H24N4O2. The van der Waals surface area contributed by atoms with Crippen LogP contribution in [0.25, 0.3) is 0 Å². The van der Waals surface area contributed by atoms with E-state index < -0.39 is 5.91 Å². The van der Waals surface area contributed by atoms with Crippen molar-refractivity contribution in [3.05, 3.63) is 59.9 Å². The summed E-state index contributed by atoms with van der Waals surface area (Å²) in [4.78, 5) is 29.9. The minimum atomic E-state index is -0.433. The van der Waals surface area contributed by atoms with Crippen LogP contribution in [0.5, 0.6) is 0 Å². The number of urea groups is 1. The first kappa shape index (κ1) is 18.4. The van der Waals surface area contributed by atoms with Crippen LogP contribution in [0.4, 0.5) is 10.5 Å². The van der Waals surface area contributed by atoms with E-state index in [4.69, 9.17) is 5.73 Å². The Morgan fingerprint density at radius 3 is 2.44 bits per heavy atom. The first-order valence-electron chi connectivity index (χ1n) is 8.40. The van der Waals surface area contributed by atoms with Gasteiger partial charge in [-0.05, 0) is 42.7 Å². The van der Waals surface area contributed by atoms with E-state index >= 15 is 0 Å². The number of nitrogens with two attached hydrogens (primary N) is 1. The number of carbonyl (C=O) groups is 2. The molecule has 6 nitrogen and oxygen atoms in total. The Labute approximate surface area is 148 Å². The first-order chi connectivity index (χ1) is 12.1. The summed E-state index contributed by atoms with van der Waals surface area (Å²) in [5.41, 5.74) is 7.64. The number of aromatic nitrogens is 1. The van der Waals surface area contributed by atoms with Gasteiger partial charge in [0.25, 0.3) is 0 Å². The molecule has 1 atom stereocenters. The molecule has 0 unspecified atom stereocenters. The van der Waals surface area contributed by atoms with E-state index in [1.165, 1.54) is 0 Å². The predicted octanol–water partition coefficient (Wildman–Crippen LogP) is 3.11. The van der Waals surface area contributed by atoms with Crippen molar-refractivity contribution in [1.29, 1.82) is 0 Å². The third-order valence-corrected chi connectivity index (χ3v) is 4.08. The van der Waals surface area contributed by atoms with E-state index in [2.05, 4.69) is 10.3 Å². The fraction of sp³-hybridized carbons (Fsp3) is 0.316. The molecule has 3 N–H and O–H groups in total. The number of hydrogen-bond acceptors (Lipinski definition) is 3. The molecule has 0 saturated carbocycles. The van der Waals surface area contributed by atoms with Gasteiger partial charge in [-0.1, -0.05) is 25.1 Å². The fourth-order valence-electron chi connectivity index (χ4n) is 2.90. The molecule has 0 radical (unpaired) electrons. The Balaban J connectivity index is 2.22. The Bertz CT molecular complexity index is 718. The molecule has 0 saturated heterocycles. The second-order valence-corrected chi connectivity index (χ2v) is 5.72. The number of rotatable bonds is 7. The lowest BCUT2D eigenvalue weighted by molar-refractivity contribution is -0.117. The van der Waals surface area contributed by atoms with Crippen LogP contribution in [0.2, 0.25) is 0 Å². The third-order valence-electron chi connectivity index (χ3n) is 4.08. The van der Waals surface area contributed by atoms with Crippen molar-refractivity contribution in [3.63, 3.8) is 0 Å². The maximum Gasteiger partial charge on any atom is 0.322 e. The van der Waals surface area contributed by atoms with Gasteiger partial charge in [-0.3, -0.25) is 9.78 Å². The van der Waals surface area contributed by atoms with E-state index in [1.807, 2.05) is 38.1 Å². The van der Waals surface area contributed by atoms with Gasteiger partial charge in [0, 0.05) is 24.6 Å². The van der Waals surface area contributed by atoms with Crippen molar-refractivity contribution in [3.8, 4) is 0 Å². The highest BCUT2D eigenvalue weighted by atomic mass is 16.2. The lowest BCUT2D eigenvalue weighted by Gasteiger charge is -2.31. The molecule has 132 valence electrons. The van der Waals surface area contributed by atoms with Crippen LogP contribution in [-0.2, 0) is 11.2 Å². The number of nitrogens with zero attached hydrogens (tertiary/aromatic N) is 2. The van der Waals surface area contributed by atoms with Crippen LogP contribution in [0.15, 0.2) is 48.8 Å².